The molecule has 0 radical (unpaired) electrons. The van der Waals surface area contributed by atoms with Gasteiger partial charge in [0.25, 0.3) is 0 Å². The van der Waals surface area contributed by atoms with Crippen molar-refractivity contribution in [3.63, 3.8) is 0 Å². The largest absolute Gasteiger partial charge is 0.326 e. The summed E-state index contributed by atoms with van der Waals surface area (Å²) in [6, 6.07) is 15.2. The van der Waals surface area contributed by atoms with E-state index in [-0.39, 0.29) is 18.2 Å². The van der Waals surface area contributed by atoms with Crippen molar-refractivity contribution in [1.82, 2.24) is 4.98 Å². The van der Waals surface area contributed by atoms with Gasteiger partial charge in [-0.05, 0) is 42.7 Å². The predicted molar refractivity (Wildman–Crippen MR) is 109 cm³/mol. The quantitative estimate of drug-likeness (QED) is 0.662. The van der Waals surface area contributed by atoms with Crippen LogP contribution < -0.4 is 10.6 Å². The third kappa shape index (κ3) is 5.24. The van der Waals surface area contributed by atoms with E-state index in [4.69, 9.17) is 0 Å². The summed E-state index contributed by atoms with van der Waals surface area (Å²) < 4.78 is 0. The Hall–Kier alpha value is -2.99. The number of hydrogen-bond donors (Lipinski definition) is 2. The molecule has 27 heavy (non-hydrogen) atoms. The van der Waals surface area contributed by atoms with Crippen LogP contribution in [0.3, 0.4) is 0 Å². The molecule has 0 fully saturated rings. The molecule has 2 amide bonds. The van der Waals surface area contributed by atoms with Crippen molar-refractivity contribution in [1.29, 1.82) is 0 Å². The number of nitrogens with zero attached hydrogens (tertiary/aromatic N) is 1. The third-order valence-electron chi connectivity index (χ3n) is 4.08. The molecule has 1 unspecified atom stereocenters. The summed E-state index contributed by atoms with van der Waals surface area (Å²) in [6.07, 6.45) is 1.67. The van der Waals surface area contributed by atoms with E-state index in [2.05, 4.69) is 15.6 Å². The molecule has 0 saturated carbocycles. The Morgan fingerprint density at radius 3 is 2.37 bits per heavy atom. The normalized spacial score (nSPS) is 11.6. The van der Waals surface area contributed by atoms with Gasteiger partial charge in [-0.3, -0.25) is 9.59 Å². The second kappa shape index (κ2) is 8.60. The zero-order valence-electron chi connectivity index (χ0n) is 15.2. The first-order chi connectivity index (χ1) is 13.0. The molecule has 2 aromatic carbocycles. The SMILES string of the molecule is Cc1cc(C)cc(NC(=O)C(CC(=O)Nc2nccs2)c2ccccc2)c1. The Balaban J connectivity index is 1.78. The molecule has 0 aliphatic carbocycles. The predicted octanol–water partition coefficient (Wildman–Crippen LogP) is 4.51. The molecular weight excluding hydrogens is 358 g/mol. The Labute approximate surface area is 162 Å². The molecule has 1 aromatic heterocycles. The lowest BCUT2D eigenvalue weighted by Gasteiger charge is -2.17. The maximum atomic E-state index is 13.0. The van der Waals surface area contributed by atoms with E-state index in [9.17, 15) is 9.59 Å². The van der Waals surface area contributed by atoms with Crippen molar-refractivity contribution in [3.05, 3.63) is 76.8 Å². The fourth-order valence-corrected chi connectivity index (χ4v) is 3.51. The molecule has 1 atom stereocenters. The van der Waals surface area contributed by atoms with Crippen LogP contribution in [0.25, 0.3) is 0 Å². The van der Waals surface area contributed by atoms with E-state index in [1.807, 2.05) is 62.4 Å². The van der Waals surface area contributed by atoms with E-state index >= 15 is 0 Å². The molecule has 0 aliphatic heterocycles. The lowest BCUT2D eigenvalue weighted by Crippen LogP contribution is -2.26. The average Bonchev–Trinajstić information content (AvgIpc) is 3.12. The molecule has 0 spiro atoms. The number of aryl methyl sites for hydroxylation is 2. The van der Waals surface area contributed by atoms with Crippen molar-refractivity contribution >= 4 is 34.0 Å². The van der Waals surface area contributed by atoms with Gasteiger partial charge in [-0.2, -0.15) is 0 Å². The first-order valence-electron chi connectivity index (χ1n) is 8.65. The number of amides is 2. The van der Waals surface area contributed by atoms with Gasteiger partial charge < -0.3 is 10.6 Å². The van der Waals surface area contributed by atoms with Gasteiger partial charge in [-0.25, -0.2) is 4.98 Å². The minimum absolute atomic E-state index is 0.0419. The maximum Gasteiger partial charge on any atom is 0.232 e. The van der Waals surface area contributed by atoms with Crippen LogP contribution in [-0.2, 0) is 9.59 Å². The van der Waals surface area contributed by atoms with Gasteiger partial charge in [-0.15, -0.1) is 11.3 Å². The summed E-state index contributed by atoms with van der Waals surface area (Å²) in [4.78, 5) is 29.5. The highest BCUT2D eigenvalue weighted by Crippen LogP contribution is 2.24. The average molecular weight is 379 g/mol. The zero-order chi connectivity index (χ0) is 19.2. The molecule has 1 heterocycles. The van der Waals surface area contributed by atoms with Crippen molar-refractivity contribution in [3.8, 4) is 0 Å². The molecular formula is C21H21N3O2S. The Morgan fingerprint density at radius 1 is 1.04 bits per heavy atom. The highest BCUT2D eigenvalue weighted by molar-refractivity contribution is 7.13. The fourth-order valence-electron chi connectivity index (χ4n) is 2.96. The molecule has 0 bridgehead atoms. The number of anilines is 2. The number of rotatable bonds is 6. The molecule has 6 heteroatoms. The van der Waals surface area contributed by atoms with Gasteiger partial charge in [0.05, 0.1) is 5.92 Å². The molecule has 0 saturated heterocycles. The summed E-state index contributed by atoms with van der Waals surface area (Å²) in [5.41, 5.74) is 3.68. The molecule has 3 aromatic rings. The summed E-state index contributed by atoms with van der Waals surface area (Å²) >= 11 is 1.34. The minimum atomic E-state index is -0.591. The second-order valence-corrected chi connectivity index (χ2v) is 7.31. The Kier molecular flexibility index (Phi) is 5.98. The van der Waals surface area contributed by atoms with Gasteiger partial charge in [0.15, 0.2) is 5.13 Å². The van der Waals surface area contributed by atoms with Crippen molar-refractivity contribution in [2.24, 2.45) is 0 Å². The highest BCUT2D eigenvalue weighted by Gasteiger charge is 2.24. The van der Waals surface area contributed by atoms with Gasteiger partial charge in [0.1, 0.15) is 0 Å². The van der Waals surface area contributed by atoms with Crippen LogP contribution in [0.1, 0.15) is 29.0 Å². The van der Waals surface area contributed by atoms with Gasteiger partial charge in [0, 0.05) is 23.7 Å². The van der Waals surface area contributed by atoms with Gasteiger partial charge in [0.2, 0.25) is 11.8 Å². The lowest BCUT2D eigenvalue weighted by molar-refractivity contribution is -0.122. The van der Waals surface area contributed by atoms with E-state index in [1.54, 1.807) is 11.6 Å². The summed E-state index contributed by atoms with van der Waals surface area (Å²) in [5, 5.41) is 8.02. The minimum Gasteiger partial charge on any atom is -0.326 e. The summed E-state index contributed by atoms with van der Waals surface area (Å²) in [7, 11) is 0. The molecule has 0 aliphatic rings. The van der Waals surface area contributed by atoms with Crippen LogP contribution in [0.15, 0.2) is 60.1 Å². The van der Waals surface area contributed by atoms with Crippen molar-refractivity contribution in [2.45, 2.75) is 26.2 Å². The number of aromatic nitrogens is 1. The first-order valence-corrected chi connectivity index (χ1v) is 9.52. The standard InChI is InChI=1S/C21H21N3O2S/c1-14-10-15(2)12-17(11-14)23-20(26)18(16-6-4-3-5-7-16)13-19(25)24-21-22-8-9-27-21/h3-12,18H,13H2,1-2H3,(H,23,26)(H,22,24,25). The van der Waals surface area contributed by atoms with Crippen LogP contribution in [0, 0.1) is 13.8 Å². The Morgan fingerprint density at radius 2 is 1.74 bits per heavy atom. The van der Waals surface area contributed by atoms with E-state index < -0.39 is 5.92 Å². The number of benzene rings is 2. The summed E-state index contributed by atoms with van der Waals surface area (Å²) in [5.74, 6) is -1.04. The molecule has 138 valence electrons. The maximum absolute atomic E-state index is 13.0. The molecule has 3 rings (SSSR count). The van der Waals surface area contributed by atoms with Crippen LogP contribution in [0.2, 0.25) is 0 Å². The van der Waals surface area contributed by atoms with Crippen molar-refractivity contribution in [2.75, 3.05) is 10.6 Å². The smallest absolute Gasteiger partial charge is 0.232 e. The van der Waals surface area contributed by atoms with Crippen molar-refractivity contribution < 1.29 is 9.59 Å². The van der Waals surface area contributed by atoms with E-state index in [0.29, 0.717) is 5.13 Å². The topological polar surface area (TPSA) is 71.1 Å². The molecule has 2 N–H and O–H groups in total. The Bertz CT molecular complexity index is 904. The van der Waals surface area contributed by atoms with Crippen LogP contribution in [0.4, 0.5) is 10.8 Å². The van der Waals surface area contributed by atoms with Crippen LogP contribution >= 0.6 is 11.3 Å². The lowest BCUT2D eigenvalue weighted by atomic mass is 9.94. The van der Waals surface area contributed by atoms with E-state index in [0.717, 1.165) is 22.4 Å². The molecule has 5 nitrogen and oxygen atoms in total. The number of nitrogens with one attached hydrogen (secondary N) is 2. The highest BCUT2D eigenvalue weighted by atomic mass is 32.1. The fraction of sp³-hybridized carbons (Fsp3) is 0.190. The summed E-state index contributed by atoms with van der Waals surface area (Å²) in [6.45, 7) is 3.97. The monoisotopic (exact) mass is 379 g/mol. The number of thiazole rings is 1. The third-order valence-corrected chi connectivity index (χ3v) is 4.76. The number of hydrogen-bond acceptors (Lipinski definition) is 4. The second-order valence-electron chi connectivity index (χ2n) is 6.42. The van der Waals surface area contributed by atoms with Gasteiger partial charge >= 0.3 is 0 Å². The number of carbonyl (C=O) groups is 2. The van der Waals surface area contributed by atoms with Crippen LogP contribution in [0.5, 0.6) is 0 Å². The van der Waals surface area contributed by atoms with Crippen LogP contribution in [-0.4, -0.2) is 16.8 Å². The van der Waals surface area contributed by atoms with E-state index in [1.165, 1.54) is 11.3 Å². The first kappa shape index (κ1) is 18.8. The number of carbonyl (C=O) groups excluding carboxylic acids is 2. The zero-order valence-corrected chi connectivity index (χ0v) is 16.0. The van der Waals surface area contributed by atoms with Gasteiger partial charge in [-0.1, -0.05) is 36.4 Å².